The average molecular weight is 287 g/mol. The standard InChI is InChI=1S/C17H18FNO2/c18-12-6-3-5-11-9-15(21-17(11)12)16(20)14-8-10-4-1-2-7-13(10)19-14/h3,5-6,9-10,13-14,19H,1-2,4,7-8H2. The van der Waals surface area contributed by atoms with Gasteiger partial charge in [-0.15, -0.1) is 0 Å². The van der Waals surface area contributed by atoms with Gasteiger partial charge in [0.25, 0.3) is 0 Å². The lowest BCUT2D eigenvalue weighted by atomic mass is 9.85. The van der Waals surface area contributed by atoms with Crippen molar-refractivity contribution in [3.8, 4) is 0 Å². The summed E-state index contributed by atoms with van der Waals surface area (Å²) in [5.74, 6) is 0.416. The average Bonchev–Trinajstić information content (AvgIpc) is 3.11. The Morgan fingerprint density at radius 1 is 1.29 bits per heavy atom. The Morgan fingerprint density at radius 3 is 2.95 bits per heavy atom. The van der Waals surface area contributed by atoms with E-state index in [-0.39, 0.29) is 23.2 Å². The first-order valence-corrected chi connectivity index (χ1v) is 7.71. The van der Waals surface area contributed by atoms with E-state index in [0.717, 1.165) is 12.8 Å². The number of para-hydroxylation sites is 1. The molecule has 3 atom stereocenters. The molecule has 21 heavy (non-hydrogen) atoms. The summed E-state index contributed by atoms with van der Waals surface area (Å²) in [6.07, 6.45) is 5.74. The number of hydrogen-bond donors (Lipinski definition) is 1. The summed E-state index contributed by atoms with van der Waals surface area (Å²) in [6.45, 7) is 0. The van der Waals surface area contributed by atoms with Crippen LogP contribution in [-0.2, 0) is 0 Å². The molecule has 0 radical (unpaired) electrons. The number of ketones is 1. The molecule has 2 aromatic rings. The summed E-state index contributed by atoms with van der Waals surface area (Å²) < 4.78 is 19.1. The van der Waals surface area contributed by atoms with Gasteiger partial charge in [0.05, 0.1) is 6.04 Å². The highest BCUT2D eigenvalue weighted by molar-refractivity contribution is 6.01. The van der Waals surface area contributed by atoms with Crippen molar-refractivity contribution < 1.29 is 13.6 Å². The molecule has 4 rings (SSSR count). The van der Waals surface area contributed by atoms with Gasteiger partial charge in [-0.3, -0.25) is 4.79 Å². The summed E-state index contributed by atoms with van der Waals surface area (Å²) >= 11 is 0. The predicted octanol–water partition coefficient (Wildman–Crippen LogP) is 3.68. The second-order valence-electron chi connectivity index (χ2n) is 6.24. The van der Waals surface area contributed by atoms with Crippen molar-refractivity contribution in [3.05, 3.63) is 35.8 Å². The highest BCUT2D eigenvalue weighted by Gasteiger charge is 2.39. The maximum Gasteiger partial charge on any atom is 0.214 e. The zero-order valence-electron chi connectivity index (χ0n) is 11.8. The maximum absolute atomic E-state index is 13.7. The van der Waals surface area contributed by atoms with Crippen molar-refractivity contribution >= 4 is 16.8 Å². The third-order valence-electron chi connectivity index (χ3n) is 4.92. The number of benzene rings is 1. The number of Topliss-reactive ketones (excluding diaryl/α,β-unsaturated/α-hetero) is 1. The van der Waals surface area contributed by atoms with E-state index in [4.69, 9.17) is 4.42 Å². The molecule has 1 saturated carbocycles. The number of carbonyl (C=O) groups is 1. The van der Waals surface area contributed by atoms with E-state index in [1.807, 2.05) is 0 Å². The summed E-state index contributed by atoms with van der Waals surface area (Å²) in [5, 5.41) is 4.09. The molecule has 110 valence electrons. The molecule has 0 spiro atoms. The van der Waals surface area contributed by atoms with Gasteiger partial charge in [0, 0.05) is 11.4 Å². The van der Waals surface area contributed by atoms with Crippen LogP contribution in [0.25, 0.3) is 11.0 Å². The van der Waals surface area contributed by atoms with Gasteiger partial charge in [-0.1, -0.05) is 25.0 Å². The molecule has 2 aliphatic rings. The summed E-state index contributed by atoms with van der Waals surface area (Å²) in [5.41, 5.74) is 0.177. The molecule has 2 fully saturated rings. The highest BCUT2D eigenvalue weighted by Crippen LogP contribution is 2.34. The maximum atomic E-state index is 13.7. The van der Waals surface area contributed by atoms with Crippen molar-refractivity contribution in [1.82, 2.24) is 5.32 Å². The summed E-state index contributed by atoms with van der Waals surface area (Å²) in [4.78, 5) is 12.6. The molecule has 1 aliphatic carbocycles. The van der Waals surface area contributed by atoms with Crippen molar-refractivity contribution in [1.29, 1.82) is 0 Å². The van der Waals surface area contributed by atoms with E-state index >= 15 is 0 Å². The lowest BCUT2D eigenvalue weighted by molar-refractivity contribution is 0.0923. The Bertz CT molecular complexity index is 679. The van der Waals surface area contributed by atoms with Crippen LogP contribution in [0.3, 0.4) is 0 Å². The number of rotatable bonds is 2. The number of fused-ring (bicyclic) bond motifs is 2. The van der Waals surface area contributed by atoms with Crippen LogP contribution >= 0.6 is 0 Å². The Labute approximate surface area is 122 Å². The van der Waals surface area contributed by atoms with E-state index in [1.54, 1.807) is 18.2 Å². The van der Waals surface area contributed by atoms with E-state index < -0.39 is 5.82 Å². The number of nitrogens with one attached hydrogen (secondary N) is 1. The highest BCUT2D eigenvalue weighted by atomic mass is 19.1. The Kier molecular flexibility index (Phi) is 3.07. The third kappa shape index (κ3) is 2.18. The molecule has 1 N–H and O–H groups in total. The van der Waals surface area contributed by atoms with Crippen LogP contribution in [0.1, 0.15) is 42.7 Å². The fraction of sp³-hybridized carbons (Fsp3) is 0.471. The second kappa shape index (κ2) is 4.95. The Balaban J connectivity index is 1.60. The minimum atomic E-state index is -0.417. The van der Waals surface area contributed by atoms with Crippen molar-refractivity contribution in [3.63, 3.8) is 0 Å². The van der Waals surface area contributed by atoms with Crippen LogP contribution in [0.15, 0.2) is 28.7 Å². The van der Waals surface area contributed by atoms with Crippen LogP contribution in [-0.4, -0.2) is 17.9 Å². The lowest BCUT2D eigenvalue weighted by Crippen LogP contribution is -2.37. The molecule has 2 heterocycles. The topological polar surface area (TPSA) is 42.2 Å². The molecular formula is C17H18FNO2. The van der Waals surface area contributed by atoms with Gasteiger partial charge < -0.3 is 9.73 Å². The first-order chi connectivity index (χ1) is 10.2. The Hall–Kier alpha value is -1.68. The molecule has 1 aromatic carbocycles. The van der Waals surface area contributed by atoms with Gasteiger partial charge in [-0.05, 0) is 37.3 Å². The molecule has 3 unspecified atom stereocenters. The van der Waals surface area contributed by atoms with Gasteiger partial charge in [-0.25, -0.2) is 4.39 Å². The third-order valence-corrected chi connectivity index (χ3v) is 4.92. The van der Waals surface area contributed by atoms with Crippen LogP contribution in [0.5, 0.6) is 0 Å². The fourth-order valence-electron chi connectivity index (χ4n) is 3.84. The number of hydrogen-bond acceptors (Lipinski definition) is 3. The van der Waals surface area contributed by atoms with Gasteiger partial charge in [0.15, 0.2) is 17.2 Å². The molecular weight excluding hydrogens is 269 g/mol. The minimum absolute atomic E-state index is 0.0417. The molecule has 1 saturated heterocycles. The zero-order valence-corrected chi connectivity index (χ0v) is 11.8. The van der Waals surface area contributed by atoms with Crippen LogP contribution in [0.4, 0.5) is 4.39 Å². The van der Waals surface area contributed by atoms with E-state index in [1.165, 1.54) is 25.3 Å². The first kappa shape index (κ1) is 13.0. The van der Waals surface area contributed by atoms with Crippen LogP contribution in [0, 0.1) is 11.7 Å². The molecule has 0 bridgehead atoms. The Morgan fingerprint density at radius 2 is 2.14 bits per heavy atom. The van der Waals surface area contributed by atoms with Gasteiger partial charge in [-0.2, -0.15) is 0 Å². The van der Waals surface area contributed by atoms with Crippen molar-refractivity contribution in [2.75, 3.05) is 0 Å². The normalized spacial score (nSPS) is 28.7. The fourth-order valence-corrected chi connectivity index (χ4v) is 3.84. The molecule has 3 nitrogen and oxygen atoms in total. The molecule has 4 heteroatoms. The SMILES string of the molecule is O=C(c1cc2cccc(F)c2o1)C1CC2CCCCC2N1. The van der Waals surface area contributed by atoms with Crippen LogP contribution in [0.2, 0.25) is 0 Å². The molecule has 1 aliphatic heterocycles. The smallest absolute Gasteiger partial charge is 0.214 e. The number of furan rings is 1. The van der Waals surface area contributed by atoms with Gasteiger partial charge in [0.2, 0.25) is 5.78 Å². The zero-order chi connectivity index (χ0) is 14.4. The quantitative estimate of drug-likeness (QED) is 0.857. The summed E-state index contributed by atoms with van der Waals surface area (Å²) in [6, 6.07) is 6.69. The second-order valence-corrected chi connectivity index (χ2v) is 6.24. The largest absolute Gasteiger partial charge is 0.450 e. The molecule has 1 aromatic heterocycles. The number of halogens is 1. The van der Waals surface area contributed by atoms with Crippen LogP contribution < -0.4 is 5.32 Å². The van der Waals surface area contributed by atoms with E-state index in [0.29, 0.717) is 17.3 Å². The van der Waals surface area contributed by atoms with Crippen molar-refractivity contribution in [2.45, 2.75) is 44.2 Å². The first-order valence-electron chi connectivity index (χ1n) is 7.71. The monoisotopic (exact) mass is 287 g/mol. The lowest BCUT2D eigenvalue weighted by Gasteiger charge is -2.24. The predicted molar refractivity (Wildman–Crippen MR) is 77.8 cm³/mol. The van der Waals surface area contributed by atoms with E-state index in [9.17, 15) is 9.18 Å². The minimum Gasteiger partial charge on any atom is -0.450 e. The van der Waals surface area contributed by atoms with Gasteiger partial charge in [0.1, 0.15) is 0 Å². The van der Waals surface area contributed by atoms with Gasteiger partial charge >= 0.3 is 0 Å². The van der Waals surface area contributed by atoms with Crippen molar-refractivity contribution in [2.24, 2.45) is 5.92 Å². The number of carbonyl (C=O) groups excluding carboxylic acids is 1. The molecule has 0 amide bonds. The summed E-state index contributed by atoms with van der Waals surface area (Å²) in [7, 11) is 0. The van der Waals surface area contributed by atoms with E-state index in [2.05, 4.69) is 5.32 Å².